The van der Waals surface area contributed by atoms with Crippen LogP contribution in [0.15, 0.2) is 47.1 Å². The zero-order valence-corrected chi connectivity index (χ0v) is 17.3. The van der Waals surface area contributed by atoms with Crippen molar-refractivity contribution in [1.29, 1.82) is 0 Å². The van der Waals surface area contributed by atoms with E-state index in [1.165, 1.54) is 18.3 Å². The molecule has 6 atom stereocenters. The molecule has 11 nitrogen and oxygen atoms in total. The van der Waals surface area contributed by atoms with Gasteiger partial charge in [-0.25, -0.2) is 4.79 Å². The summed E-state index contributed by atoms with van der Waals surface area (Å²) < 4.78 is 12.6. The number of phenolic OH excluding ortho intramolecular Hbond substituents is 1. The number of phenols is 1. The highest BCUT2D eigenvalue weighted by atomic mass is 16.7. The molecule has 0 radical (unpaired) electrons. The predicted molar refractivity (Wildman–Crippen MR) is 116 cm³/mol. The topological polar surface area (TPSA) is 174 Å². The fourth-order valence-corrected chi connectivity index (χ4v) is 3.72. The summed E-state index contributed by atoms with van der Waals surface area (Å²) in [4.78, 5) is 15.0. The second-order valence-electron chi connectivity index (χ2n) is 7.83. The minimum Gasteiger partial charge on any atom is -0.504 e. The molecule has 1 aromatic heterocycles. The fraction of sp³-hybridized carbons (Fsp3) is 0.364. The van der Waals surface area contributed by atoms with E-state index in [2.05, 4.69) is 4.99 Å². The highest BCUT2D eigenvalue weighted by molar-refractivity contribution is 5.86. The first kappa shape index (κ1) is 23.0. The van der Waals surface area contributed by atoms with E-state index in [1.807, 2.05) is 0 Å². The number of hydrogen-bond donors (Lipinski definition) is 6. The molecule has 0 unspecified atom stereocenters. The van der Waals surface area contributed by atoms with Gasteiger partial charge in [-0.15, -0.1) is 0 Å². The summed E-state index contributed by atoms with van der Waals surface area (Å²) in [6, 6.07) is 3.90. The summed E-state index contributed by atoms with van der Waals surface area (Å²) in [7, 11) is 0. The van der Waals surface area contributed by atoms with Gasteiger partial charge in [0, 0.05) is 36.5 Å². The Morgan fingerprint density at radius 2 is 2.03 bits per heavy atom. The standard InChI is InChI=1S/C22H24N2O9/c25-10-17-18(27)19(28)20(29)22(33-17)32-16-8-12-3-6-24(14(12)9-15(16)26)5-2-11-1-4-23-13(7-11)21(30)31/h1-6,8-9,13,17-20,22,25-29H,7,10H2,(H,30,31)/b5-2+/t13-,17+,18+,19-,20+,22+/m0/s1. The normalized spacial score (nSPS) is 30.0. The Morgan fingerprint density at radius 3 is 2.76 bits per heavy atom. The molecule has 0 saturated carbocycles. The summed E-state index contributed by atoms with van der Waals surface area (Å²) in [5, 5.41) is 59.5. The Balaban J connectivity index is 1.53. The van der Waals surface area contributed by atoms with E-state index in [-0.39, 0.29) is 17.9 Å². The average molecular weight is 460 g/mol. The third kappa shape index (κ3) is 4.63. The van der Waals surface area contributed by atoms with Gasteiger partial charge in [0.15, 0.2) is 17.5 Å². The molecule has 11 heteroatoms. The van der Waals surface area contributed by atoms with Crippen molar-refractivity contribution in [3.8, 4) is 11.5 Å². The van der Waals surface area contributed by atoms with Gasteiger partial charge in [0.05, 0.1) is 12.1 Å². The first-order valence-electron chi connectivity index (χ1n) is 10.2. The largest absolute Gasteiger partial charge is 0.504 e. The number of carboxylic acids is 1. The number of aliphatic hydroxyl groups excluding tert-OH is 4. The molecule has 2 aromatic rings. The summed E-state index contributed by atoms with van der Waals surface area (Å²) >= 11 is 0. The van der Waals surface area contributed by atoms with Crippen LogP contribution in [0.2, 0.25) is 0 Å². The number of ether oxygens (including phenoxy) is 2. The highest BCUT2D eigenvalue weighted by Gasteiger charge is 2.45. The van der Waals surface area contributed by atoms with Gasteiger partial charge in [-0.2, -0.15) is 0 Å². The number of fused-ring (bicyclic) bond motifs is 1. The number of dihydropyridines is 1. The number of aliphatic imine (C=N–C) groups is 1. The number of carbonyl (C=O) groups is 1. The van der Waals surface area contributed by atoms with Crippen LogP contribution in [0.25, 0.3) is 17.1 Å². The number of nitrogens with zero attached hydrogens (tertiary/aromatic N) is 2. The maximum Gasteiger partial charge on any atom is 0.328 e. The molecule has 6 N–H and O–H groups in total. The highest BCUT2D eigenvalue weighted by Crippen LogP contribution is 2.35. The van der Waals surface area contributed by atoms with Crippen molar-refractivity contribution >= 4 is 29.3 Å². The van der Waals surface area contributed by atoms with Crippen molar-refractivity contribution in [1.82, 2.24) is 4.57 Å². The number of aliphatic carboxylic acids is 1. The first-order valence-corrected chi connectivity index (χ1v) is 10.2. The van der Waals surface area contributed by atoms with Crippen LogP contribution in [-0.2, 0) is 9.53 Å². The van der Waals surface area contributed by atoms with Crippen molar-refractivity contribution in [2.24, 2.45) is 4.99 Å². The van der Waals surface area contributed by atoms with Crippen molar-refractivity contribution in [3.05, 3.63) is 42.1 Å². The third-order valence-corrected chi connectivity index (χ3v) is 5.61. The van der Waals surface area contributed by atoms with Crippen LogP contribution in [0.5, 0.6) is 11.5 Å². The molecule has 2 aliphatic rings. The van der Waals surface area contributed by atoms with Crippen LogP contribution in [0.4, 0.5) is 0 Å². The number of carboxylic acid groups (broad SMARTS) is 1. The van der Waals surface area contributed by atoms with Gasteiger partial charge in [0.1, 0.15) is 24.4 Å². The van der Waals surface area contributed by atoms with E-state index < -0.39 is 49.3 Å². The molecule has 2 aliphatic heterocycles. The first-order chi connectivity index (χ1) is 15.8. The van der Waals surface area contributed by atoms with Gasteiger partial charge in [0.2, 0.25) is 6.29 Å². The Bertz CT molecular complexity index is 1120. The van der Waals surface area contributed by atoms with Crippen molar-refractivity contribution in [3.63, 3.8) is 0 Å². The summed E-state index contributed by atoms with van der Waals surface area (Å²) in [5.41, 5.74) is 1.41. The lowest BCUT2D eigenvalue weighted by Crippen LogP contribution is -2.60. The van der Waals surface area contributed by atoms with Gasteiger partial charge >= 0.3 is 5.97 Å². The van der Waals surface area contributed by atoms with E-state index in [4.69, 9.17) is 14.6 Å². The SMILES string of the molecule is O=C(O)[C@@H]1CC(/C=C/n2ccc3cc(O[C@@H]4O[C@H](CO)[C@@H](O)[C@H](O)[C@H]4O)c(O)cc32)=CC=N1. The van der Waals surface area contributed by atoms with Gasteiger partial charge < -0.3 is 44.7 Å². The fourth-order valence-electron chi connectivity index (χ4n) is 3.72. The Hall–Kier alpha value is -3.22. The van der Waals surface area contributed by atoms with Crippen LogP contribution in [0.1, 0.15) is 6.42 Å². The average Bonchev–Trinajstić information content (AvgIpc) is 3.19. The van der Waals surface area contributed by atoms with E-state index in [1.54, 1.807) is 35.2 Å². The molecular weight excluding hydrogens is 436 g/mol. The summed E-state index contributed by atoms with van der Waals surface area (Å²) in [6.07, 6.45) is 1.41. The van der Waals surface area contributed by atoms with Crippen LogP contribution < -0.4 is 4.74 Å². The minimum absolute atomic E-state index is 0.0240. The number of aromatic nitrogens is 1. The molecule has 176 valence electrons. The van der Waals surface area contributed by atoms with E-state index in [0.29, 0.717) is 10.9 Å². The lowest BCUT2D eigenvalue weighted by atomic mass is 9.99. The monoisotopic (exact) mass is 460 g/mol. The molecular formula is C22H24N2O9. The number of aromatic hydroxyl groups is 1. The number of rotatable bonds is 6. The zero-order chi connectivity index (χ0) is 23.7. The minimum atomic E-state index is -1.60. The maximum absolute atomic E-state index is 11.1. The number of aliphatic hydroxyl groups is 4. The van der Waals surface area contributed by atoms with E-state index >= 15 is 0 Å². The number of benzene rings is 1. The molecule has 33 heavy (non-hydrogen) atoms. The molecule has 3 heterocycles. The van der Waals surface area contributed by atoms with Gasteiger partial charge in [0.25, 0.3) is 0 Å². The zero-order valence-electron chi connectivity index (χ0n) is 17.3. The quantitative estimate of drug-likeness (QED) is 0.342. The van der Waals surface area contributed by atoms with Gasteiger partial charge in [-0.05, 0) is 29.9 Å². The second kappa shape index (κ2) is 9.33. The Kier molecular flexibility index (Phi) is 6.49. The molecule has 1 aromatic carbocycles. The van der Waals surface area contributed by atoms with E-state index in [0.717, 1.165) is 5.57 Å². The third-order valence-electron chi connectivity index (χ3n) is 5.61. The molecule has 0 amide bonds. The maximum atomic E-state index is 11.1. The molecule has 0 bridgehead atoms. The lowest BCUT2D eigenvalue weighted by molar-refractivity contribution is -0.277. The molecule has 1 fully saturated rings. The van der Waals surface area contributed by atoms with Crippen molar-refractivity contribution in [2.45, 2.75) is 43.2 Å². The van der Waals surface area contributed by atoms with Crippen LogP contribution in [0.3, 0.4) is 0 Å². The summed E-state index contributed by atoms with van der Waals surface area (Å²) in [6.45, 7) is -0.597. The molecule has 4 rings (SSSR count). The van der Waals surface area contributed by atoms with Crippen molar-refractivity contribution < 1.29 is 44.9 Å². The van der Waals surface area contributed by atoms with Crippen LogP contribution in [-0.4, -0.2) is 90.7 Å². The Labute approximate surface area is 187 Å². The molecule has 0 aliphatic carbocycles. The van der Waals surface area contributed by atoms with Gasteiger partial charge in [-0.1, -0.05) is 0 Å². The number of hydrogen-bond acceptors (Lipinski definition) is 9. The van der Waals surface area contributed by atoms with Crippen LogP contribution in [0, 0.1) is 0 Å². The summed E-state index contributed by atoms with van der Waals surface area (Å²) in [5.74, 6) is -1.28. The second-order valence-corrected chi connectivity index (χ2v) is 7.83. The van der Waals surface area contributed by atoms with Crippen LogP contribution >= 0.6 is 0 Å². The Morgan fingerprint density at radius 1 is 1.24 bits per heavy atom. The van der Waals surface area contributed by atoms with Crippen molar-refractivity contribution in [2.75, 3.05) is 6.61 Å². The molecule has 1 saturated heterocycles. The smallest absolute Gasteiger partial charge is 0.328 e. The molecule has 0 spiro atoms. The van der Waals surface area contributed by atoms with Gasteiger partial charge in [-0.3, -0.25) is 4.99 Å². The lowest BCUT2D eigenvalue weighted by Gasteiger charge is -2.39. The predicted octanol–water partition coefficient (Wildman–Crippen LogP) is -0.150. The number of allylic oxidation sites excluding steroid dienone is 2. The van der Waals surface area contributed by atoms with E-state index in [9.17, 15) is 30.3 Å².